The monoisotopic (exact) mass is 473 g/mol. The standard InChI is InChI=1S/C24H26F3N5O2/c1-13(18-5-4-6-20(21(18)25)24(26,27)12-33-3)29-23-19-7-15(9-28-22(19)14(2)30-31-23)32-10-16-8-17(11-32)34-16/h4-7,9,13,16-17H,8,10-12H2,1-3H3,(H,29,31)/t13-,16?,17?/m1/s1. The Morgan fingerprint density at radius 1 is 1.26 bits per heavy atom. The van der Waals surface area contributed by atoms with Gasteiger partial charge >= 0.3 is 0 Å². The number of morpholine rings is 1. The predicted molar refractivity (Wildman–Crippen MR) is 122 cm³/mol. The lowest BCUT2D eigenvalue weighted by Gasteiger charge is -2.47. The van der Waals surface area contributed by atoms with Gasteiger partial charge in [-0.1, -0.05) is 12.1 Å². The quantitative estimate of drug-likeness (QED) is 0.547. The number of halogens is 3. The van der Waals surface area contributed by atoms with Crippen molar-refractivity contribution in [2.75, 3.05) is 37.0 Å². The Labute approximate surface area is 195 Å². The van der Waals surface area contributed by atoms with Gasteiger partial charge in [0.1, 0.15) is 12.4 Å². The Bertz CT molecular complexity index is 1210. The SMILES string of the molecule is COCC(F)(F)c1cccc([C@@H](C)Nc2nnc(C)c3ncc(N4CC5CC(C4)O5)cc23)c1F. The summed E-state index contributed by atoms with van der Waals surface area (Å²) in [5, 5.41) is 12.3. The van der Waals surface area contributed by atoms with E-state index in [1.807, 2.05) is 19.2 Å². The molecule has 0 radical (unpaired) electrons. The van der Waals surface area contributed by atoms with Gasteiger partial charge in [-0.25, -0.2) is 4.39 Å². The highest BCUT2D eigenvalue weighted by Crippen LogP contribution is 2.36. The zero-order chi connectivity index (χ0) is 24.0. The number of aryl methyl sites for hydroxylation is 1. The Kier molecular flexibility index (Phi) is 5.81. The number of nitrogens with zero attached hydrogens (tertiary/aromatic N) is 4. The zero-order valence-corrected chi connectivity index (χ0v) is 19.2. The first-order valence-corrected chi connectivity index (χ1v) is 11.2. The fraction of sp³-hybridized carbons (Fsp3) is 0.458. The normalized spacial score (nSPS) is 20.8. The molecule has 3 atom stereocenters. The summed E-state index contributed by atoms with van der Waals surface area (Å²) in [4.78, 5) is 6.84. The van der Waals surface area contributed by atoms with Crippen molar-refractivity contribution in [2.45, 2.75) is 44.4 Å². The van der Waals surface area contributed by atoms with E-state index in [0.717, 1.165) is 43.8 Å². The number of rotatable bonds is 7. The molecule has 0 saturated carbocycles. The van der Waals surface area contributed by atoms with Crippen LogP contribution in [0.5, 0.6) is 0 Å². The molecule has 3 aliphatic rings. The first-order valence-electron chi connectivity index (χ1n) is 11.2. The number of fused-ring (bicyclic) bond motifs is 3. The van der Waals surface area contributed by atoms with Gasteiger partial charge in [0, 0.05) is 37.6 Å². The van der Waals surface area contributed by atoms with Crippen LogP contribution in [0.15, 0.2) is 30.5 Å². The smallest absolute Gasteiger partial charge is 0.298 e. The molecule has 0 amide bonds. The average Bonchev–Trinajstić information content (AvgIpc) is 2.80. The minimum atomic E-state index is -3.44. The topological polar surface area (TPSA) is 72.4 Å². The number of anilines is 2. The van der Waals surface area contributed by atoms with Crippen LogP contribution in [0.2, 0.25) is 0 Å². The molecule has 0 spiro atoms. The van der Waals surface area contributed by atoms with E-state index in [4.69, 9.17) is 4.74 Å². The van der Waals surface area contributed by atoms with Gasteiger partial charge in [0.2, 0.25) is 0 Å². The second-order valence-corrected chi connectivity index (χ2v) is 8.96. The molecule has 1 aromatic carbocycles. The molecule has 5 heterocycles. The molecule has 2 unspecified atom stereocenters. The number of pyridine rings is 1. The molecule has 2 aromatic heterocycles. The summed E-state index contributed by atoms with van der Waals surface area (Å²) >= 11 is 0. The van der Waals surface area contributed by atoms with Crippen molar-refractivity contribution in [2.24, 2.45) is 0 Å². The molecule has 6 rings (SSSR count). The van der Waals surface area contributed by atoms with E-state index in [0.29, 0.717) is 17.0 Å². The second kappa shape index (κ2) is 8.66. The van der Waals surface area contributed by atoms with Crippen LogP contribution in [0.25, 0.3) is 10.9 Å². The van der Waals surface area contributed by atoms with Crippen LogP contribution in [0.1, 0.15) is 36.2 Å². The summed E-state index contributed by atoms with van der Waals surface area (Å²) in [5.41, 5.74) is 1.68. The average molecular weight is 473 g/mol. The molecule has 1 N–H and O–H groups in total. The lowest BCUT2D eigenvalue weighted by molar-refractivity contribution is -0.133. The van der Waals surface area contributed by atoms with E-state index in [9.17, 15) is 8.78 Å². The van der Waals surface area contributed by atoms with Gasteiger partial charge in [-0.05, 0) is 26.0 Å². The molecule has 7 nitrogen and oxygen atoms in total. The predicted octanol–water partition coefficient (Wildman–Crippen LogP) is 4.36. The van der Waals surface area contributed by atoms with Gasteiger partial charge in [-0.3, -0.25) is 4.98 Å². The molecule has 0 aliphatic carbocycles. The minimum Gasteiger partial charge on any atom is -0.378 e. The van der Waals surface area contributed by atoms with E-state index >= 15 is 4.39 Å². The molecular weight excluding hydrogens is 447 g/mol. The maximum Gasteiger partial charge on any atom is 0.298 e. The second-order valence-electron chi connectivity index (χ2n) is 8.96. The van der Waals surface area contributed by atoms with Gasteiger partial charge in [-0.2, -0.15) is 13.9 Å². The molecule has 3 aromatic rings. The zero-order valence-electron chi connectivity index (χ0n) is 19.2. The molecule has 2 bridgehead atoms. The maximum atomic E-state index is 15.1. The first kappa shape index (κ1) is 22.8. The molecule has 10 heteroatoms. The molecule has 3 fully saturated rings. The van der Waals surface area contributed by atoms with Crippen LogP contribution < -0.4 is 10.2 Å². The van der Waals surface area contributed by atoms with Crippen LogP contribution >= 0.6 is 0 Å². The van der Waals surface area contributed by atoms with Crippen LogP contribution in [0, 0.1) is 12.7 Å². The summed E-state index contributed by atoms with van der Waals surface area (Å²) < 4.78 is 54.2. The lowest BCUT2D eigenvalue weighted by Crippen LogP contribution is -2.57. The van der Waals surface area contributed by atoms with Crippen LogP contribution in [-0.2, 0) is 15.4 Å². The third-order valence-corrected chi connectivity index (χ3v) is 6.46. The van der Waals surface area contributed by atoms with Crippen LogP contribution in [-0.4, -0.2) is 54.2 Å². The Hall–Kier alpha value is -2.98. The summed E-state index contributed by atoms with van der Waals surface area (Å²) in [7, 11) is 1.16. The van der Waals surface area contributed by atoms with Gasteiger partial charge in [-0.15, -0.1) is 5.10 Å². The number of alkyl halides is 2. The summed E-state index contributed by atoms with van der Waals surface area (Å²) in [6.45, 7) is 4.21. The highest BCUT2D eigenvalue weighted by Gasteiger charge is 2.39. The molecule has 3 aliphatic heterocycles. The minimum absolute atomic E-state index is 0.0983. The van der Waals surface area contributed by atoms with Crippen molar-refractivity contribution in [3.05, 3.63) is 53.1 Å². The van der Waals surface area contributed by atoms with Crippen LogP contribution in [0.4, 0.5) is 24.7 Å². The number of hydrogen-bond acceptors (Lipinski definition) is 7. The fourth-order valence-electron chi connectivity index (χ4n) is 4.70. The van der Waals surface area contributed by atoms with Crippen molar-refractivity contribution >= 4 is 22.4 Å². The fourth-order valence-corrected chi connectivity index (χ4v) is 4.70. The van der Waals surface area contributed by atoms with Crippen molar-refractivity contribution in [3.63, 3.8) is 0 Å². The summed E-state index contributed by atoms with van der Waals surface area (Å²) in [6.07, 6.45) is 3.39. The summed E-state index contributed by atoms with van der Waals surface area (Å²) in [6, 6.07) is 5.31. The summed E-state index contributed by atoms with van der Waals surface area (Å²) in [5.74, 6) is -4.00. The molecular formula is C24H26F3N5O2. The molecule has 180 valence electrons. The van der Waals surface area contributed by atoms with E-state index in [-0.39, 0.29) is 17.8 Å². The number of methoxy groups -OCH3 is 1. The van der Waals surface area contributed by atoms with E-state index < -0.39 is 30.0 Å². The number of piperidine rings is 1. The first-order chi connectivity index (χ1) is 16.3. The Morgan fingerprint density at radius 2 is 2.00 bits per heavy atom. The van der Waals surface area contributed by atoms with Crippen molar-refractivity contribution in [1.29, 1.82) is 0 Å². The van der Waals surface area contributed by atoms with Crippen molar-refractivity contribution in [3.8, 4) is 0 Å². The third-order valence-electron chi connectivity index (χ3n) is 6.46. The number of hydrogen-bond donors (Lipinski definition) is 1. The Balaban J connectivity index is 1.47. The van der Waals surface area contributed by atoms with Crippen molar-refractivity contribution < 1.29 is 22.6 Å². The number of nitrogens with one attached hydrogen (secondary N) is 1. The van der Waals surface area contributed by atoms with Gasteiger partial charge in [0.15, 0.2) is 5.82 Å². The van der Waals surface area contributed by atoms with Gasteiger partial charge in [0.25, 0.3) is 5.92 Å². The van der Waals surface area contributed by atoms with E-state index in [1.54, 1.807) is 6.92 Å². The molecule has 34 heavy (non-hydrogen) atoms. The Morgan fingerprint density at radius 3 is 2.71 bits per heavy atom. The highest BCUT2D eigenvalue weighted by molar-refractivity contribution is 5.92. The third kappa shape index (κ3) is 4.05. The number of benzene rings is 1. The lowest BCUT2D eigenvalue weighted by atomic mass is 9.98. The number of aromatic nitrogens is 3. The van der Waals surface area contributed by atoms with Crippen molar-refractivity contribution in [1.82, 2.24) is 15.2 Å². The highest BCUT2D eigenvalue weighted by atomic mass is 19.3. The molecule has 3 saturated heterocycles. The largest absolute Gasteiger partial charge is 0.378 e. The van der Waals surface area contributed by atoms with E-state index in [2.05, 4.69) is 30.1 Å². The maximum absolute atomic E-state index is 15.1. The van der Waals surface area contributed by atoms with Crippen LogP contribution in [0.3, 0.4) is 0 Å². The van der Waals surface area contributed by atoms with Gasteiger partial charge in [0.05, 0.1) is 46.9 Å². The van der Waals surface area contributed by atoms with Gasteiger partial charge < -0.3 is 19.7 Å². The number of ether oxygens (including phenoxy) is 2. The van der Waals surface area contributed by atoms with E-state index in [1.165, 1.54) is 12.1 Å².